The monoisotopic (exact) mass is 965 g/mol. The molecule has 9 atom stereocenters. The first kappa shape index (κ1) is 54.8. The molecule has 2 aliphatic rings. The van der Waals surface area contributed by atoms with Crippen molar-refractivity contribution in [1.29, 1.82) is 0 Å². The first-order valence-electron chi connectivity index (χ1n) is 23.2. The molecule has 2 aromatic rings. The summed E-state index contributed by atoms with van der Waals surface area (Å²) < 4.78 is 11.0. The van der Waals surface area contributed by atoms with E-state index in [9.17, 15) is 53.7 Å². The highest BCUT2D eigenvalue weighted by molar-refractivity contribution is 5.99. The van der Waals surface area contributed by atoms with E-state index in [0.717, 1.165) is 9.80 Å². The van der Waals surface area contributed by atoms with Gasteiger partial charge in [-0.3, -0.25) is 38.4 Å². The van der Waals surface area contributed by atoms with Crippen LogP contribution in [0.25, 0.3) is 0 Å². The second kappa shape index (κ2) is 25.0. The van der Waals surface area contributed by atoms with E-state index in [0.29, 0.717) is 17.5 Å². The molecule has 7 amide bonds. The lowest BCUT2D eigenvalue weighted by Gasteiger charge is -2.43. The molecule has 2 bridgehead atoms. The first-order chi connectivity index (χ1) is 32.6. The Labute approximate surface area is 401 Å². The molecule has 0 aromatic heterocycles. The van der Waals surface area contributed by atoms with Crippen LogP contribution >= 0.6 is 0 Å². The number of carboxylic acid groups (broad SMARTS) is 1. The highest BCUT2D eigenvalue weighted by atomic mass is 16.5. The predicted octanol–water partition coefficient (Wildman–Crippen LogP) is 0.669. The highest BCUT2D eigenvalue weighted by Gasteiger charge is 2.46. The van der Waals surface area contributed by atoms with Crippen LogP contribution in [0.2, 0.25) is 0 Å². The molecule has 2 aromatic carbocycles. The minimum absolute atomic E-state index is 0.0108. The lowest BCUT2D eigenvalue weighted by atomic mass is 9.95. The van der Waals surface area contributed by atoms with Gasteiger partial charge in [-0.1, -0.05) is 71.0 Å². The number of hydrogen-bond donors (Lipinski definition) is 8. The number of piperidine rings is 1. The van der Waals surface area contributed by atoms with Gasteiger partial charge in [0.1, 0.15) is 54.6 Å². The van der Waals surface area contributed by atoms with Crippen molar-refractivity contribution in [2.24, 2.45) is 11.8 Å². The second-order valence-electron chi connectivity index (χ2n) is 18.3. The van der Waals surface area contributed by atoms with Crippen LogP contribution in [-0.4, -0.2) is 147 Å². The van der Waals surface area contributed by atoms with Crippen molar-refractivity contribution >= 4 is 53.3 Å². The molecule has 69 heavy (non-hydrogen) atoms. The maximum atomic E-state index is 15.1. The number of fused-ring (bicyclic) bond motifs is 2. The zero-order chi connectivity index (χ0) is 51.3. The second-order valence-corrected chi connectivity index (χ2v) is 18.3. The summed E-state index contributed by atoms with van der Waals surface area (Å²) in [6.07, 6.45) is -4.24. The molecule has 2 heterocycles. The number of hydrogen-bond acceptors (Lipinski definition) is 13. The van der Waals surface area contributed by atoms with Crippen LogP contribution in [0.4, 0.5) is 0 Å². The average molecular weight is 966 g/mol. The van der Waals surface area contributed by atoms with Gasteiger partial charge in [-0.25, -0.2) is 4.79 Å². The van der Waals surface area contributed by atoms with Crippen molar-refractivity contribution in [3.05, 3.63) is 59.7 Å². The molecule has 2 fully saturated rings. The van der Waals surface area contributed by atoms with Gasteiger partial charge in [0, 0.05) is 26.3 Å². The van der Waals surface area contributed by atoms with Gasteiger partial charge in [0.15, 0.2) is 11.5 Å². The first-order valence-corrected chi connectivity index (χ1v) is 23.2. The SMILES string of the molecule is CCCC(=O)NC(CC(=O)O)C(=O)NC1C(=O)NC(CC(C)C)C(=O)NC2CCC(O)N(C2=O)C(Cc2ccccc2)C(=O)N(C)C(Cc2ccc(OC)c(O)c2)C(=O)NC(C(C)C)C(=O)OC1C. The highest BCUT2D eigenvalue weighted by Crippen LogP contribution is 2.29. The third kappa shape index (κ3) is 14.9. The average Bonchev–Trinajstić information content (AvgIpc) is 3.28. The van der Waals surface area contributed by atoms with Crippen molar-refractivity contribution in [2.45, 2.75) is 148 Å². The number of phenolic OH excluding ortho intramolecular Hbond substituents is 1. The molecule has 2 aliphatic heterocycles. The Hall–Kier alpha value is -6.77. The minimum Gasteiger partial charge on any atom is -0.504 e. The van der Waals surface area contributed by atoms with E-state index in [2.05, 4.69) is 26.6 Å². The fourth-order valence-electron chi connectivity index (χ4n) is 8.26. The Bertz CT molecular complexity index is 2190. The summed E-state index contributed by atoms with van der Waals surface area (Å²) in [7, 11) is 2.68. The molecule has 21 nitrogen and oxygen atoms in total. The number of aliphatic hydroxyl groups excluding tert-OH is 1. The molecular weight excluding hydrogens is 899 g/mol. The Balaban J connectivity index is 1.90. The number of amides is 7. The van der Waals surface area contributed by atoms with Crippen molar-refractivity contribution in [1.82, 2.24) is 36.4 Å². The quantitative estimate of drug-likeness (QED) is 0.114. The number of aromatic hydroxyl groups is 1. The number of rotatable bonds is 15. The molecule has 0 spiro atoms. The van der Waals surface area contributed by atoms with E-state index < -0.39 is 120 Å². The smallest absolute Gasteiger partial charge is 0.329 e. The number of esters is 1. The lowest BCUT2D eigenvalue weighted by Crippen LogP contribution is -2.65. The van der Waals surface area contributed by atoms with Crippen molar-refractivity contribution in [3.8, 4) is 11.5 Å². The summed E-state index contributed by atoms with van der Waals surface area (Å²) in [5, 5.41) is 44.6. The summed E-state index contributed by atoms with van der Waals surface area (Å²) in [6.45, 7) is 9.65. The molecular formula is C48H67N7O14. The van der Waals surface area contributed by atoms with Gasteiger partial charge >= 0.3 is 11.9 Å². The van der Waals surface area contributed by atoms with Crippen molar-refractivity contribution in [3.63, 3.8) is 0 Å². The number of carbonyl (C=O) groups excluding carboxylic acids is 8. The van der Waals surface area contributed by atoms with Crippen LogP contribution in [0.5, 0.6) is 11.5 Å². The summed E-state index contributed by atoms with van der Waals surface area (Å²) in [4.78, 5) is 128. The van der Waals surface area contributed by atoms with Gasteiger partial charge in [0.05, 0.1) is 13.5 Å². The summed E-state index contributed by atoms with van der Waals surface area (Å²) in [6, 6.07) is 2.36. The van der Waals surface area contributed by atoms with E-state index in [1.54, 1.807) is 71.0 Å². The van der Waals surface area contributed by atoms with Crippen LogP contribution < -0.4 is 31.3 Å². The van der Waals surface area contributed by atoms with Gasteiger partial charge in [0.2, 0.25) is 41.4 Å². The number of aliphatic carboxylic acids is 1. The molecule has 9 unspecified atom stereocenters. The Morgan fingerprint density at radius 3 is 2.13 bits per heavy atom. The summed E-state index contributed by atoms with van der Waals surface area (Å²) >= 11 is 0. The largest absolute Gasteiger partial charge is 0.504 e. The Morgan fingerprint density at radius 1 is 0.870 bits per heavy atom. The van der Waals surface area contributed by atoms with E-state index in [1.807, 2.05) is 0 Å². The molecule has 4 rings (SSSR count). The van der Waals surface area contributed by atoms with Gasteiger partial charge in [-0.2, -0.15) is 0 Å². The van der Waals surface area contributed by atoms with E-state index >= 15 is 4.79 Å². The van der Waals surface area contributed by atoms with Crippen LogP contribution in [0.1, 0.15) is 91.2 Å². The molecule has 0 radical (unpaired) electrons. The number of phenols is 1. The third-order valence-electron chi connectivity index (χ3n) is 12.0. The maximum absolute atomic E-state index is 15.1. The number of carboxylic acids is 1. The van der Waals surface area contributed by atoms with Crippen molar-refractivity contribution < 1.29 is 67.9 Å². The number of ether oxygens (including phenoxy) is 2. The summed E-state index contributed by atoms with van der Waals surface area (Å²) in [5.74, 6) is -9.82. The molecule has 0 saturated carbocycles. The number of methoxy groups -OCH3 is 1. The van der Waals surface area contributed by atoms with Gasteiger partial charge < -0.3 is 61.2 Å². The van der Waals surface area contributed by atoms with E-state index in [-0.39, 0.29) is 55.9 Å². The molecule has 8 N–H and O–H groups in total. The Morgan fingerprint density at radius 2 is 1.54 bits per heavy atom. The molecule has 0 aliphatic carbocycles. The predicted molar refractivity (Wildman–Crippen MR) is 248 cm³/mol. The number of likely N-dealkylation sites (N-methyl/N-ethyl adjacent to an activating group) is 1. The van der Waals surface area contributed by atoms with Crippen LogP contribution in [0.3, 0.4) is 0 Å². The van der Waals surface area contributed by atoms with E-state index in [4.69, 9.17) is 9.47 Å². The number of nitrogens with zero attached hydrogens (tertiary/aromatic N) is 2. The zero-order valence-corrected chi connectivity index (χ0v) is 40.4. The normalized spacial score (nSPS) is 24.7. The zero-order valence-electron chi connectivity index (χ0n) is 40.4. The molecule has 21 heteroatoms. The third-order valence-corrected chi connectivity index (χ3v) is 12.0. The Kier molecular flexibility index (Phi) is 19.9. The van der Waals surface area contributed by atoms with Gasteiger partial charge in [-0.05, 0) is 67.7 Å². The molecule has 2 saturated heterocycles. The minimum atomic E-state index is -1.84. The number of aliphatic hydroxyl groups is 1. The molecule has 378 valence electrons. The van der Waals surface area contributed by atoms with Crippen molar-refractivity contribution in [2.75, 3.05) is 14.2 Å². The number of carbonyl (C=O) groups is 9. The standard InChI is InChI=1S/C48H67N7O14/c1-9-13-37(57)49-32(24-39(59)60)43(62)53-41-27(6)69-48(67)40(26(4)5)52-44(63)33(22-29-16-18-36(68-8)35(56)23-29)54(7)47(66)34(21-28-14-11-10-12-15-28)55-38(58)19-17-30(46(55)65)50-42(61)31(20-25(2)3)51-45(41)64/h10-12,14-16,18,23,25-27,30-34,38,40-41,56,58H,9,13,17,19-22,24H2,1-8H3,(H,49,57)(H,50,61)(H,51,64)(H,52,63)(H,53,62)(H,59,60). The summed E-state index contributed by atoms with van der Waals surface area (Å²) in [5.41, 5.74) is 0.943. The van der Waals surface area contributed by atoms with Gasteiger partial charge in [0.25, 0.3) is 0 Å². The fraction of sp³-hybridized carbons (Fsp3) is 0.562. The number of nitrogens with one attached hydrogen (secondary N) is 5. The van der Waals surface area contributed by atoms with Crippen LogP contribution in [0, 0.1) is 11.8 Å². The fourth-order valence-corrected chi connectivity index (χ4v) is 8.26. The van der Waals surface area contributed by atoms with E-state index in [1.165, 1.54) is 33.2 Å². The van der Waals surface area contributed by atoms with Crippen LogP contribution in [-0.2, 0) is 60.7 Å². The maximum Gasteiger partial charge on any atom is 0.329 e. The number of cyclic esters (lactones) is 1. The van der Waals surface area contributed by atoms with Gasteiger partial charge in [-0.15, -0.1) is 0 Å². The van der Waals surface area contributed by atoms with Crippen LogP contribution in [0.15, 0.2) is 48.5 Å². The topological polar surface area (TPSA) is 299 Å². The lowest BCUT2D eigenvalue weighted by molar-refractivity contribution is -0.165. The number of benzene rings is 2.